The second kappa shape index (κ2) is 9.54. The zero-order valence-electron chi connectivity index (χ0n) is 22.7. The topological polar surface area (TPSA) is 77.8 Å². The van der Waals surface area contributed by atoms with Gasteiger partial charge in [-0.2, -0.15) is 0 Å². The van der Waals surface area contributed by atoms with E-state index >= 15 is 0 Å². The predicted octanol–water partition coefficient (Wildman–Crippen LogP) is 7.29. The van der Waals surface area contributed by atoms with Crippen LogP contribution in [0.3, 0.4) is 0 Å². The summed E-state index contributed by atoms with van der Waals surface area (Å²) in [5.74, 6) is 0.0472. The lowest BCUT2D eigenvalue weighted by molar-refractivity contribution is -0.147. The summed E-state index contributed by atoms with van der Waals surface area (Å²) in [7, 11) is 1.46. The Kier molecular flexibility index (Phi) is 5.95. The molecule has 2 atom stereocenters. The first-order chi connectivity index (χ1) is 19.5. The van der Waals surface area contributed by atoms with Gasteiger partial charge in [-0.1, -0.05) is 55.7 Å². The van der Waals surface area contributed by atoms with Crippen LogP contribution in [0.1, 0.15) is 77.4 Å². The molecule has 6 heteroatoms. The summed E-state index contributed by atoms with van der Waals surface area (Å²) >= 11 is 0. The minimum Gasteiger partial charge on any atom is -0.489 e. The number of carboxylic acid groups (broad SMARTS) is 1. The number of esters is 1. The molecule has 2 aliphatic carbocycles. The van der Waals surface area contributed by atoms with Crippen LogP contribution in [-0.4, -0.2) is 28.7 Å². The maximum Gasteiger partial charge on any atom is 0.335 e. The van der Waals surface area contributed by atoms with Gasteiger partial charge in [-0.05, 0) is 72.2 Å². The third kappa shape index (κ3) is 3.92. The highest BCUT2D eigenvalue weighted by atomic mass is 16.5. The second-order valence-corrected chi connectivity index (χ2v) is 11.6. The molecule has 0 spiro atoms. The quantitative estimate of drug-likeness (QED) is 0.262. The zero-order valence-corrected chi connectivity index (χ0v) is 22.7. The van der Waals surface area contributed by atoms with Crippen molar-refractivity contribution in [2.24, 2.45) is 5.41 Å². The van der Waals surface area contributed by atoms with Crippen molar-refractivity contribution in [1.82, 2.24) is 4.57 Å². The molecule has 2 unspecified atom stereocenters. The van der Waals surface area contributed by atoms with E-state index in [2.05, 4.69) is 16.7 Å². The van der Waals surface area contributed by atoms with Crippen LogP contribution in [-0.2, 0) is 22.7 Å². The minimum absolute atomic E-state index is 0.0204. The zero-order chi connectivity index (χ0) is 27.4. The fourth-order valence-corrected chi connectivity index (χ4v) is 7.31. The van der Waals surface area contributed by atoms with Crippen LogP contribution < -0.4 is 4.74 Å². The number of carboxylic acids is 1. The molecule has 0 amide bonds. The van der Waals surface area contributed by atoms with Crippen molar-refractivity contribution in [3.63, 3.8) is 0 Å². The first kappa shape index (κ1) is 24.9. The maximum absolute atomic E-state index is 13.4. The number of nitrogens with zero attached hydrogens (tertiary/aromatic N) is 1. The van der Waals surface area contributed by atoms with Crippen LogP contribution >= 0.6 is 0 Å². The van der Waals surface area contributed by atoms with Gasteiger partial charge in [0, 0.05) is 28.9 Å². The Morgan fingerprint density at radius 3 is 2.55 bits per heavy atom. The normalized spacial score (nSPS) is 21.6. The number of methoxy groups -OCH3 is 1. The molecular weight excluding hydrogens is 502 g/mol. The molecule has 0 radical (unpaired) electrons. The van der Waals surface area contributed by atoms with Gasteiger partial charge < -0.3 is 19.1 Å². The largest absolute Gasteiger partial charge is 0.489 e. The highest BCUT2D eigenvalue weighted by molar-refractivity contribution is 5.99. The molecule has 0 saturated heterocycles. The highest BCUT2D eigenvalue weighted by Crippen LogP contribution is 2.66. The molecule has 1 N–H and O–H groups in total. The Morgan fingerprint density at radius 2 is 1.80 bits per heavy atom. The Bertz CT molecular complexity index is 1630. The summed E-state index contributed by atoms with van der Waals surface area (Å²) in [5.41, 5.74) is 6.24. The van der Waals surface area contributed by atoms with Crippen molar-refractivity contribution in [3.05, 3.63) is 89.0 Å². The smallest absolute Gasteiger partial charge is 0.335 e. The van der Waals surface area contributed by atoms with Crippen molar-refractivity contribution in [2.75, 3.05) is 7.11 Å². The lowest BCUT2D eigenvalue weighted by Gasteiger charge is -2.24. The Labute approximate surface area is 233 Å². The number of rotatable bonds is 6. The molecule has 40 heavy (non-hydrogen) atoms. The predicted molar refractivity (Wildman–Crippen MR) is 153 cm³/mol. The van der Waals surface area contributed by atoms with E-state index in [0.29, 0.717) is 25.5 Å². The van der Waals surface area contributed by atoms with Gasteiger partial charge in [0.2, 0.25) is 0 Å². The third-order valence-electron chi connectivity index (χ3n) is 9.37. The molecule has 1 aliphatic heterocycles. The van der Waals surface area contributed by atoms with Gasteiger partial charge >= 0.3 is 11.9 Å². The monoisotopic (exact) mass is 535 g/mol. The van der Waals surface area contributed by atoms with E-state index in [1.807, 2.05) is 42.5 Å². The first-order valence-electron chi connectivity index (χ1n) is 14.3. The average molecular weight is 536 g/mol. The van der Waals surface area contributed by atoms with Gasteiger partial charge in [0.15, 0.2) is 0 Å². The van der Waals surface area contributed by atoms with E-state index in [1.165, 1.54) is 31.9 Å². The Hall–Kier alpha value is -4.06. The fourth-order valence-electron chi connectivity index (χ4n) is 7.31. The number of hydrogen-bond donors (Lipinski definition) is 1. The summed E-state index contributed by atoms with van der Waals surface area (Å²) in [5, 5.41) is 10.9. The van der Waals surface area contributed by atoms with Crippen LogP contribution in [0.5, 0.6) is 5.75 Å². The third-order valence-corrected chi connectivity index (χ3v) is 9.37. The lowest BCUT2D eigenvalue weighted by Crippen LogP contribution is -2.24. The summed E-state index contributed by atoms with van der Waals surface area (Å²) in [4.78, 5) is 25.3. The molecule has 3 aromatic carbocycles. The van der Waals surface area contributed by atoms with Crippen LogP contribution in [0.4, 0.5) is 0 Å². The average Bonchev–Trinajstić information content (AvgIpc) is 3.66. The standard InChI is InChI=1S/C34H33NO5/c1-39-33(38)34-18-28(34)27-17-24(40-19-21-8-4-2-5-9-21)13-15-25(27)31-30(22-10-6-3-7-11-22)26-14-12-23(32(36)37)16-29(26)35(31)20-34/h2,4-5,8-9,12-17,22,28H,3,6-7,10-11,18-20H2,1H3,(H,36,37). The number of benzene rings is 3. The van der Waals surface area contributed by atoms with Crippen LogP contribution in [0.25, 0.3) is 22.2 Å². The maximum atomic E-state index is 13.4. The summed E-state index contributed by atoms with van der Waals surface area (Å²) in [6.07, 6.45) is 6.57. The number of ether oxygens (including phenoxy) is 2. The fraction of sp³-hybridized carbons (Fsp3) is 0.353. The van der Waals surface area contributed by atoms with Gasteiger partial charge in [-0.15, -0.1) is 0 Å². The van der Waals surface area contributed by atoms with Crippen molar-refractivity contribution < 1.29 is 24.2 Å². The molecule has 204 valence electrons. The van der Waals surface area contributed by atoms with E-state index in [1.54, 1.807) is 12.1 Å². The number of hydrogen-bond acceptors (Lipinski definition) is 4. The van der Waals surface area contributed by atoms with E-state index < -0.39 is 11.4 Å². The summed E-state index contributed by atoms with van der Waals surface area (Å²) in [6.45, 7) is 0.943. The van der Waals surface area contributed by atoms with Crippen molar-refractivity contribution in [1.29, 1.82) is 0 Å². The van der Waals surface area contributed by atoms with Crippen molar-refractivity contribution in [2.45, 2.75) is 63.5 Å². The number of carbonyl (C=O) groups is 2. The van der Waals surface area contributed by atoms with E-state index in [0.717, 1.165) is 51.9 Å². The van der Waals surface area contributed by atoms with Gasteiger partial charge in [-0.25, -0.2) is 4.79 Å². The van der Waals surface area contributed by atoms with E-state index in [9.17, 15) is 14.7 Å². The van der Waals surface area contributed by atoms with E-state index in [4.69, 9.17) is 9.47 Å². The molecule has 2 saturated carbocycles. The molecule has 2 heterocycles. The minimum atomic E-state index is -0.946. The van der Waals surface area contributed by atoms with Gasteiger partial charge in [0.05, 0.1) is 23.8 Å². The molecule has 6 nitrogen and oxygen atoms in total. The molecule has 2 fully saturated rings. The first-order valence-corrected chi connectivity index (χ1v) is 14.3. The van der Waals surface area contributed by atoms with Gasteiger partial charge in [0.25, 0.3) is 0 Å². The van der Waals surface area contributed by atoms with Crippen LogP contribution in [0.2, 0.25) is 0 Å². The van der Waals surface area contributed by atoms with E-state index in [-0.39, 0.29) is 17.5 Å². The molecule has 4 aromatic rings. The second-order valence-electron chi connectivity index (χ2n) is 11.6. The number of carbonyl (C=O) groups excluding carboxylic acids is 1. The summed E-state index contributed by atoms with van der Waals surface area (Å²) in [6, 6.07) is 21.9. The van der Waals surface area contributed by atoms with Crippen LogP contribution in [0.15, 0.2) is 66.7 Å². The number of fused-ring (bicyclic) bond motifs is 7. The highest BCUT2D eigenvalue weighted by Gasteiger charge is 2.63. The molecule has 0 bridgehead atoms. The molecule has 3 aliphatic rings. The van der Waals surface area contributed by atoms with Gasteiger partial charge in [-0.3, -0.25) is 4.79 Å². The van der Waals surface area contributed by atoms with Gasteiger partial charge in [0.1, 0.15) is 12.4 Å². The molecule has 1 aromatic heterocycles. The Morgan fingerprint density at radius 1 is 1.00 bits per heavy atom. The Balaban J connectivity index is 1.43. The number of aromatic nitrogens is 1. The van der Waals surface area contributed by atoms with Crippen molar-refractivity contribution >= 4 is 22.8 Å². The van der Waals surface area contributed by atoms with Crippen LogP contribution in [0, 0.1) is 5.41 Å². The summed E-state index contributed by atoms with van der Waals surface area (Å²) < 4.78 is 13.8. The number of aromatic carboxylic acids is 1. The lowest BCUT2D eigenvalue weighted by atomic mass is 9.81. The van der Waals surface area contributed by atoms with Crippen molar-refractivity contribution in [3.8, 4) is 17.0 Å². The SMILES string of the molecule is COC(=O)C12CC1c1cc(OCc3ccccc3)ccc1-c1c(C3CCCCC3)c3ccc(C(=O)O)cc3n1C2. The molecule has 7 rings (SSSR count). The molecular formula is C34H33NO5.